The number of aliphatic hydroxyl groups is 1. The SMILES string of the molecule is C=C(O)CCNC(=C)c1ccc(CN(c2ccc(C)cc2)c2nc(-c3ccccc3)c(C)s2)cc1.CC(F)(F)F. The molecule has 0 saturated heterocycles. The highest BCUT2D eigenvalue weighted by molar-refractivity contribution is 7.16. The zero-order valence-electron chi connectivity index (χ0n) is 22.9. The molecular weight excluding hydrogens is 531 g/mol. The standard InChI is InChI=1S/C30H31N3OS.C2H3F3/c1-21-10-16-28(17-11-21)33(30-32-29(24(4)35-30)27-8-6-5-7-9-27)20-25-12-14-26(15-13-25)23(3)31-19-18-22(2)34;1-2(3,4)5/h5-17,31,34H,2-3,18-20H2,1,4H3;1H3. The average Bonchev–Trinajstić information content (AvgIpc) is 3.28. The van der Waals surface area contributed by atoms with Gasteiger partial charge >= 0.3 is 6.18 Å². The lowest BCUT2D eigenvalue weighted by atomic mass is 10.1. The number of nitrogens with one attached hydrogen (secondary N) is 1. The average molecular weight is 566 g/mol. The minimum atomic E-state index is -4.00. The molecule has 4 nitrogen and oxygen atoms in total. The quantitative estimate of drug-likeness (QED) is 0.188. The molecule has 0 aliphatic heterocycles. The van der Waals surface area contributed by atoms with Crippen LogP contribution in [0.15, 0.2) is 97.8 Å². The first-order valence-electron chi connectivity index (χ1n) is 12.7. The van der Waals surface area contributed by atoms with Crippen LogP contribution in [0.2, 0.25) is 0 Å². The number of hydrogen-bond acceptors (Lipinski definition) is 5. The fourth-order valence-corrected chi connectivity index (χ4v) is 4.76. The van der Waals surface area contributed by atoms with E-state index in [0.717, 1.165) is 33.3 Å². The summed E-state index contributed by atoms with van der Waals surface area (Å²) in [6.45, 7) is 13.4. The van der Waals surface area contributed by atoms with Crippen molar-refractivity contribution < 1.29 is 18.3 Å². The first-order valence-corrected chi connectivity index (χ1v) is 13.5. The van der Waals surface area contributed by atoms with E-state index in [4.69, 9.17) is 4.98 Å². The van der Waals surface area contributed by atoms with Gasteiger partial charge in [-0.2, -0.15) is 13.2 Å². The predicted molar refractivity (Wildman–Crippen MR) is 161 cm³/mol. The minimum absolute atomic E-state index is 0.171. The van der Waals surface area contributed by atoms with Gasteiger partial charge in [-0.1, -0.05) is 85.5 Å². The van der Waals surface area contributed by atoms with E-state index in [-0.39, 0.29) is 12.7 Å². The van der Waals surface area contributed by atoms with Crippen LogP contribution in [-0.2, 0) is 6.54 Å². The number of aryl methyl sites for hydroxylation is 2. The van der Waals surface area contributed by atoms with E-state index < -0.39 is 6.18 Å². The molecule has 1 heterocycles. The smallest absolute Gasteiger partial charge is 0.386 e. The Labute approximate surface area is 238 Å². The second kappa shape index (κ2) is 13.8. The van der Waals surface area contributed by atoms with E-state index >= 15 is 0 Å². The van der Waals surface area contributed by atoms with Crippen molar-refractivity contribution in [3.8, 4) is 11.3 Å². The Balaban J connectivity index is 0.000000810. The lowest BCUT2D eigenvalue weighted by Crippen LogP contribution is -2.16. The molecule has 0 spiro atoms. The van der Waals surface area contributed by atoms with Crippen LogP contribution < -0.4 is 10.2 Å². The third-order valence-corrected chi connectivity index (χ3v) is 6.80. The number of benzene rings is 3. The molecule has 0 radical (unpaired) electrons. The van der Waals surface area contributed by atoms with Gasteiger partial charge in [-0.3, -0.25) is 0 Å². The maximum absolute atomic E-state index is 10.4. The monoisotopic (exact) mass is 565 g/mol. The number of rotatable bonds is 10. The summed E-state index contributed by atoms with van der Waals surface area (Å²) in [7, 11) is 0. The first-order chi connectivity index (χ1) is 18.9. The highest BCUT2D eigenvalue weighted by atomic mass is 32.1. The van der Waals surface area contributed by atoms with E-state index in [2.05, 4.69) is 110 Å². The Kier molecular flexibility index (Phi) is 10.6. The summed E-state index contributed by atoms with van der Waals surface area (Å²) >= 11 is 1.72. The van der Waals surface area contributed by atoms with Crippen molar-refractivity contribution in [2.24, 2.45) is 0 Å². The maximum atomic E-state index is 10.4. The first kappa shape index (κ1) is 30.5. The Morgan fingerprint density at radius 2 is 1.55 bits per heavy atom. The van der Waals surface area contributed by atoms with Crippen molar-refractivity contribution in [2.45, 2.75) is 39.9 Å². The van der Waals surface area contributed by atoms with E-state index in [0.29, 0.717) is 19.5 Å². The predicted octanol–water partition coefficient (Wildman–Crippen LogP) is 9.36. The van der Waals surface area contributed by atoms with Crippen LogP contribution in [-0.4, -0.2) is 22.8 Å². The molecule has 0 unspecified atom stereocenters. The van der Waals surface area contributed by atoms with Crippen LogP contribution in [0.1, 0.15) is 34.9 Å². The number of hydrogen-bond donors (Lipinski definition) is 2. The summed E-state index contributed by atoms with van der Waals surface area (Å²) in [5.74, 6) is 0.171. The molecule has 2 N–H and O–H groups in total. The zero-order chi connectivity index (χ0) is 29.3. The number of anilines is 2. The van der Waals surface area contributed by atoms with E-state index in [1.807, 2.05) is 6.07 Å². The number of nitrogens with zero attached hydrogens (tertiary/aromatic N) is 2. The number of aliphatic hydroxyl groups excluding tert-OH is 1. The Morgan fingerprint density at radius 1 is 0.950 bits per heavy atom. The van der Waals surface area contributed by atoms with Crippen molar-refractivity contribution in [3.63, 3.8) is 0 Å². The summed E-state index contributed by atoms with van der Waals surface area (Å²) in [4.78, 5) is 8.54. The van der Waals surface area contributed by atoms with Crippen LogP contribution in [0.4, 0.5) is 24.0 Å². The van der Waals surface area contributed by atoms with Crippen LogP contribution in [0, 0.1) is 13.8 Å². The summed E-state index contributed by atoms with van der Waals surface area (Å²) in [6.07, 6.45) is -3.50. The molecule has 0 atom stereocenters. The van der Waals surface area contributed by atoms with Gasteiger partial charge in [0, 0.05) is 41.7 Å². The Bertz CT molecular complexity index is 1390. The van der Waals surface area contributed by atoms with Gasteiger partial charge in [0.1, 0.15) is 0 Å². The van der Waals surface area contributed by atoms with Crippen LogP contribution in [0.3, 0.4) is 0 Å². The second-order valence-corrected chi connectivity index (χ2v) is 10.6. The van der Waals surface area contributed by atoms with Crippen LogP contribution in [0.25, 0.3) is 17.0 Å². The summed E-state index contributed by atoms with van der Waals surface area (Å²) in [5.41, 5.74) is 7.55. The molecule has 8 heteroatoms. The van der Waals surface area contributed by atoms with Gasteiger partial charge in [-0.25, -0.2) is 4.98 Å². The normalized spacial score (nSPS) is 10.8. The molecular formula is C32H34F3N3OS. The van der Waals surface area contributed by atoms with Gasteiger partial charge < -0.3 is 15.3 Å². The molecule has 40 heavy (non-hydrogen) atoms. The second-order valence-electron chi connectivity index (χ2n) is 9.39. The van der Waals surface area contributed by atoms with E-state index in [1.54, 1.807) is 11.3 Å². The zero-order valence-corrected chi connectivity index (χ0v) is 23.7. The highest BCUT2D eigenvalue weighted by Crippen LogP contribution is 2.37. The molecule has 4 aromatic rings. The van der Waals surface area contributed by atoms with Gasteiger partial charge in [0.15, 0.2) is 5.13 Å². The number of halogens is 3. The number of thiazole rings is 1. The third-order valence-electron chi connectivity index (χ3n) is 5.80. The van der Waals surface area contributed by atoms with Crippen molar-refractivity contribution >= 4 is 27.9 Å². The van der Waals surface area contributed by atoms with Crippen LogP contribution >= 0.6 is 11.3 Å². The summed E-state index contributed by atoms with van der Waals surface area (Å²) < 4.78 is 31.1. The summed E-state index contributed by atoms with van der Waals surface area (Å²) in [5, 5.41) is 13.5. The fourth-order valence-electron chi connectivity index (χ4n) is 3.81. The molecule has 0 amide bonds. The molecule has 4 rings (SSSR count). The summed E-state index contributed by atoms with van der Waals surface area (Å²) in [6, 6.07) is 27.4. The lowest BCUT2D eigenvalue weighted by Gasteiger charge is -2.23. The number of aromatic nitrogens is 1. The van der Waals surface area contributed by atoms with Gasteiger partial charge in [0.2, 0.25) is 0 Å². The van der Waals surface area contributed by atoms with Crippen LogP contribution in [0.5, 0.6) is 0 Å². The molecule has 0 bridgehead atoms. The van der Waals surface area contributed by atoms with Gasteiger partial charge in [-0.15, -0.1) is 11.3 Å². The van der Waals surface area contributed by atoms with Crippen molar-refractivity contribution in [1.29, 1.82) is 0 Å². The number of alkyl halides is 3. The maximum Gasteiger partial charge on any atom is 0.386 e. The Morgan fingerprint density at radius 3 is 2.12 bits per heavy atom. The van der Waals surface area contributed by atoms with Crippen molar-refractivity contribution in [1.82, 2.24) is 10.3 Å². The molecule has 1 aromatic heterocycles. The molecule has 0 aliphatic carbocycles. The van der Waals surface area contributed by atoms with Crippen molar-refractivity contribution in [3.05, 3.63) is 119 Å². The Hall–Kier alpha value is -4.04. The molecule has 210 valence electrons. The molecule has 0 saturated carbocycles. The van der Waals surface area contributed by atoms with E-state index in [1.165, 1.54) is 16.0 Å². The molecule has 3 aromatic carbocycles. The van der Waals surface area contributed by atoms with Gasteiger partial charge in [0.25, 0.3) is 0 Å². The van der Waals surface area contributed by atoms with Crippen molar-refractivity contribution in [2.75, 3.05) is 11.4 Å². The molecule has 0 fully saturated rings. The van der Waals surface area contributed by atoms with E-state index in [9.17, 15) is 18.3 Å². The lowest BCUT2D eigenvalue weighted by molar-refractivity contribution is -0.110. The van der Waals surface area contributed by atoms with Gasteiger partial charge in [0.05, 0.1) is 18.0 Å². The largest absolute Gasteiger partial charge is 0.513 e. The fraction of sp³-hybridized carbons (Fsp3) is 0.219. The minimum Gasteiger partial charge on any atom is -0.513 e. The highest BCUT2D eigenvalue weighted by Gasteiger charge is 2.18. The molecule has 0 aliphatic rings. The third kappa shape index (κ3) is 9.61. The van der Waals surface area contributed by atoms with Gasteiger partial charge in [-0.05, 0) is 37.1 Å². The topological polar surface area (TPSA) is 48.4 Å².